The molecule has 0 aliphatic heterocycles. The third-order valence-corrected chi connectivity index (χ3v) is 2.32. The van der Waals surface area contributed by atoms with Gasteiger partial charge in [-0.15, -0.1) is 0 Å². The van der Waals surface area contributed by atoms with Crippen LogP contribution in [0.4, 0.5) is 4.39 Å². The summed E-state index contributed by atoms with van der Waals surface area (Å²) in [5, 5.41) is 8.55. The molecule has 3 heteroatoms. The fourth-order valence-electron chi connectivity index (χ4n) is 1.01. The van der Waals surface area contributed by atoms with E-state index in [1.165, 1.54) is 12.1 Å². The van der Waals surface area contributed by atoms with Gasteiger partial charge in [0.1, 0.15) is 17.6 Å². The van der Waals surface area contributed by atoms with Gasteiger partial charge < -0.3 is 4.74 Å². The van der Waals surface area contributed by atoms with E-state index in [1.54, 1.807) is 12.1 Å². The van der Waals surface area contributed by atoms with Gasteiger partial charge in [0, 0.05) is 6.07 Å². The normalized spacial score (nSPS) is 12.3. The van der Waals surface area contributed by atoms with Crippen LogP contribution in [0.2, 0.25) is 0 Å². The first kappa shape index (κ1) is 11.5. The van der Waals surface area contributed by atoms with Crippen LogP contribution in [-0.2, 0) is 0 Å². The molecule has 0 amide bonds. The van der Waals surface area contributed by atoms with Crippen LogP contribution in [0.5, 0.6) is 5.75 Å². The van der Waals surface area contributed by atoms with Gasteiger partial charge in [0.25, 0.3) is 0 Å². The second-order valence-electron chi connectivity index (χ2n) is 3.82. The summed E-state index contributed by atoms with van der Waals surface area (Å²) in [6.45, 7) is 6.00. The Kier molecular flexibility index (Phi) is 3.68. The zero-order chi connectivity index (χ0) is 11.4. The highest BCUT2D eigenvalue weighted by Gasteiger charge is 2.10. The predicted octanol–water partition coefficient (Wildman–Crippen LogP) is 3.12. The van der Waals surface area contributed by atoms with Gasteiger partial charge in [0.15, 0.2) is 0 Å². The summed E-state index contributed by atoms with van der Waals surface area (Å²) < 4.78 is 18.7. The molecule has 1 aromatic carbocycles. The Hall–Kier alpha value is -1.56. The SMILES string of the molecule is CC(C)C(C)Oc1ccc(C#N)c(F)c1. The van der Waals surface area contributed by atoms with Crippen LogP contribution in [0.25, 0.3) is 0 Å². The molecule has 2 nitrogen and oxygen atoms in total. The van der Waals surface area contributed by atoms with Crippen molar-refractivity contribution in [2.75, 3.05) is 0 Å². The zero-order valence-corrected chi connectivity index (χ0v) is 9.12. The summed E-state index contributed by atoms with van der Waals surface area (Å²) in [5.74, 6) is 0.294. The van der Waals surface area contributed by atoms with Gasteiger partial charge in [-0.3, -0.25) is 0 Å². The fourth-order valence-corrected chi connectivity index (χ4v) is 1.01. The zero-order valence-electron chi connectivity index (χ0n) is 9.12. The van der Waals surface area contributed by atoms with Crippen LogP contribution in [-0.4, -0.2) is 6.10 Å². The van der Waals surface area contributed by atoms with Crippen molar-refractivity contribution in [3.8, 4) is 11.8 Å². The largest absolute Gasteiger partial charge is 0.490 e. The average Bonchev–Trinajstić information content (AvgIpc) is 2.18. The Labute approximate surface area is 89.3 Å². The molecule has 1 rings (SSSR count). The van der Waals surface area contributed by atoms with Crippen LogP contribution in [0.3, 0.4) is 0 Å². The molecule has 0 bridgehead atoms. The fraction of sp³-hybridized carbons (Fsp3) is 0.417. The van der Waals surface area contributed by atoms with Crippen LogP contribution >= 0.6 is 0 Å². The number of nitrogens with zero attached hydrogens (tertiary/aromatic N) is 1. The maximum atomic E-state index is 13.2. The molecule has 0 radical (unpaired) electrons. The van der Waals surface area contributed by atoms with Gasteiger partial charge in [0.2, 0.25) is 0 Å². The van der Waals surface area contributed by atoms with Crippen molar-refractivity contribution in [3.63, 3.8) is 0 Å². The average molecular weight is 207 g/mol. The minimum atomic E-state index is -0.536. The highest BCUT2D eigenvalue weighted by atomic mass is 19.1. The van der Waals surface area contributed by atoms with Crippen molar-refractivity contribution >= 4 is 0 Å². The second kappa shape index (κ2) is 4.79. The highest BCUT2D eigenvalue weighted by Crippen LogP contribution is 2.19. The summed E-state index contributed by atoms with van der Waals surface area (Å²) >= 11 is 0. The molecule has 0 heterocycles. The molecule has 0 aliphatic rings. The van der Waals surface area contributed by atoms with Gasteiger partial charge >= 0.3 is 0 Å². The summed E-state index contributed by atoms with van der Waals surface area (Å²) in [5.41, 5.74) is 0.0413. The molecular formula is C12H14FNO. The number of hydrogen-bond donors (Lipinski definition) is 0. The molecule has 0 spiro atoms. The van der Waals surface area contributed by atoms with E-state index in [4.69, 9.17) is 10.00 Å². The molecule has 1 aromatic rings. The van der Waals surface area contributed by atoms with E-state index >= 15 is 0 Å². The second-order valence-corrected chi connectivity index (χ2v) is 3.82. The lowest BCUT2D eigenvalue weighted by atomic mass is 10.1. The molecule has 0 fully saturated rings. The van der Waals surface area contributed by atoms with Crippen LogP contribution in [0.1, 0.15) is 26.3 Å². The van der Waals surface area contributed by atoms with E-state index in [1.807, 2.05) is 20.8 Å². The van der Waals surface area contributed by atoms with Gasteiger partial charge in [-0.05, 0) is 25.0 Å². The third kappa shape index (κ3) is 2.95. The smallest absolute Gasteiger partial charge is 0.144 e. The topological polar surface area (TPSA) is 33.0 Å². The van der Waals surface area contributed by atoms with Crippen molar-refractivity contribution < 1.29 is 9.13 Å². The lowest BCUT2D eigenvalue weighted by molar-refractivity contribution is 0.170. The van der Waals surface area contributed by atoms with Gasteiger partial charge in [-0.1, -0.05) is 13.8 Å². The van der Waals surface area contributed by atoms with Gasteiger partial charge in [-0.25, -0.2) is 4.39 Å². The summed E-state index contributed by atoms with van der Waals surface area (Å²) in [7, 11) is 0. The minimum absolute atomic E-state index is 0.0253. The van der Waals surface area contributed by atoms with E-state index in [9.17, 15) is 4.39 Å². The number of hydrogen-bond acceptors (Lipinski definition) is 2. The minimum Gasteiger partial charge on any atom is -0.490 e. The van der Waals surface area contributed by atoms with E-state index in [0.717, 1.165) is 0 Å². The summed E-state index contributed by atoms with van der Waals surface area (Å²) in [6, 6.07) is 6.06. The van der Waals surface area contributed by atoms with Crippen molar-refractivity contribution in [3.05, 3.63) is 29.6 Å². The van der Waals surface area contributed by atoms with Gasteiger partial charge in [0.05, 0.1) is 11.7 Å². The molecule has 15 heavy (non-hydrogen) atoms. The quantitative estimate of drug-likeness (QED) is 0.762. The number of rotatable bonds is 3. The Morgan fingerprint density at radius 3 is 2.47 bits per heavy atom. The molecule has 80 valence electrons. The van der Waals surface area contributed by atoms with E-state index < -0.39 is 5.82 Å². The third-order valence-electron chi connectivity index (χ3n) is 2.32. The summed E-state index contributed by atoms with van der Waals surface area (Å²) in [4.78, 5) is 0. The van der Waals surface area contributed by atoms with Crippen molar-refractivity contribution in [1.29, 1.82) is 5.26 Å². The van der Waals surface area contributed by atoms with Crippen molar-refractivity contribution in [2.24, 2.45) is 5.92 Å². The predicted molar refractivity (Wildman–Crippen MR) is 56.0 cm³/mol. The van der Waals surface area contributed by atoms with Crippen molar-refractivity contribution in [2.45, 2.75) is 26.9 Å². The number of halogens is 1. The van der Waals surface area contributed by atoms with Crippen molar-refractivity contribution in [1.82, 2.24) is 0 Å². The molecule has 0 N–H and O–H groups in total. The molecule has 0 aliphatic carbocycles. The first-order valence-electron chi connectivity index (χ1n) is 4.91. The standard InChI is InChI=1S/C12H14FNO/c1-8(2)9(3)15-11-5-4-10(7-14)12(13)6-11/h4-6,8-9H,1-3H3. The Bertz CT molecular complexity index is 382. The number of benzene rings is 1. The maximum absolute atomic E-state index is 13.2. The Morgan fingerprint density at radius 2 is 2.00 bits per heavy atom. The summed E-state index contributed by atoms with van der Waals surface area (Å²) in [6.07, 6.45) is 0.0253. The molecule has 0 aromatic heterocycles. The monoisotopic (exact) mass is 207 g/mol. The van der Waals surface area contributed by atoms with Crippen LogP contribution in [0, 0.1) is 23.1 Å². The number of ether oxygens (including phenoxy) is 1. The highest BCUT2D eigenvalue weighted by molar-refractivity contribution is 5.36. The van der Waals surface area contributed by atoms with Gasteiger partial charge in [-0.2, -0.15) is 5.26 Å². The van der Waals surface area contributed by atoms with Crippen LogP contribution in [0.15, 0.2) is 18.2 Å². The molecule has 1 unspecified atom stereocenters. The number of nitriles is 1. The van der Waals surface area contributed by atoms with Crippen LogP contribution < -0.4 is 4.74 Å². The van der Waals surface area contributed by atoms with E-state index in [-0.39, 0.29) is 11.7 Å². The first-order valence-corrected chi connectivity index (χ1v) is 4.91. The first-order chi connectivity index (χ1) is 7.04. The van der Waals surface area contributed by atoms with E-state index in [2.05, 4.69) is 0 Å². The Balaban J connectivity index is 2.81. The molecular weight excluding hydrogens is 193 g/mol. The van der Waals surface area contributed by atoms with E-state index in [0.29, 0.717) is 11.7 Å². The molecule has 1 atom stereocenters. The lowest BCUT2D eigenvalue weighted by Gasteiger charge is -2.18. The maximum Gasteiger partial charge on any atom is 0.144 e. The lowest BCUT2D eigenvalue weighted by Crippen LogP contribution is -2.18. The Morgan fingerprint density at radius 1 is 1.33 bits per heavy atom. The molecule has 0 saturated heterocycles. The molecule has 0 saturated carbocycles.